The number of allylic oxidation sites excluding steroid dienone is 4. The second-order valence-corrected chi connectivity index (χ2v) is 16.6. The van der Waals surface area contributed by atoms with E-state index in [9.17, 15) is 0 Å². The second kappa shape index (κ2) is 15.9. The highest BCUT2D eigenvalue weighted by atomic mass is 35.5. The van der Waals surface area contributed by atoms with Crippen molar-refractivity contribution in [2.45, 2.75) is 64.2 Å². The summed E-state index contributed by atoms with van der Waals surface area (Å²) in [6.45, 7) is 11.9. The average molecular weight is 763 g/mol. The first-order chi connectivity index (χ1) is 25.5. The Morgan fingerprint density at radius 2 is 1.34 bits per heavy atom. The molecule has 0 aliphatic carbocycles. The lowest BCUT2D eigenvalue weighted by molar-refractivity contribution is -0.438. The van der Waals surface area contributed by atoms with Crippen LogP contribution in [-0.4, -0.2) is 36.6 Å². The highest BCUT2D eigenvalue weighted by Crippen LogP contribution is 2.49. The predicted molar refractivity (Wildman–Crippen MR) is 225 cm³/mol. The van der Waals surface area contributed by atoms with E-state index >= 15 is 0 Å². The number of aryl methyl sites for hydroxylation is 2. The SMILES string of the molecule is CC1(C)C(/C=C/C2=C(Cl)C(=C/C=C3/N(CCCc4ccccc4)c4ccc(Cl)cc4C3(C)C)/COC2)=[N+](CCCc2ccccc2)c2ccc(Cl)cc21. The van der Waals surface area contributed by atoms with Gasteiger partial charge in [-0.25, -0.2) is 0 Å². The largest absolute Gasteiger partial charge is 0.372 e. The van der Waals surface area contributed by atoms with Gasteiger partial charge >= 0.3 is 0 Å². The molecule has 272 valence electrons. The number of ether oxygens (including phenoxy) is 1. The van der Waals surface area contributed by atoms with E-state index in [-0.39, 0.29) is 10.8 Å². The molecule has 0 spiro atoms. The monoisotopic (exact) mass is 761 g/mol. The third-order valence-electron chi connectivity index (χ3n) is 11.1. The Balaban J connectivity index is 1.18. The van der Waals surface area contributed by atoms with Gasteiger partial charge in [0.25, 0.3) is 0 Å². The number of rotatable bonds is 11. The molecule has 0 radical (unpaired) electrons. The molecule has 53 heavy (non-hydrogen) atoms. The minimum atomic E-state index is -0.231. The topological polar surface area (TPSA) is 15.5 Å². The molecule has 3 aliphatic heterocycles. The maximum Gasteiger partial charge on any atom is 0.209 e. The first kappa shape index (κ1) is 37.5. The highest BCUT2D eigenvalue weighted by molar-refractivity contribution is 6.33. The molecular formula is C47H48Cl3N2O+. The molecule has 3 heterocycles. The lowest BCUT2D eigenvalue weighted by Crippen LogP contribution is -2.28. The third kappa shape index (κ3) is 7.87. The van der Waals surface area contributed by atoms with E-state index in [2.05, 4.69) is 146 Å². The number of anilines is 1. The number of hydrogen-bond donors (Lipinski definition) is 0. The zero-order valence-corrected chi connectivity index (χ0v) is 33.4. The van der Waals surface area contributed by atoms with Gasteiger partial charge in [0.05, 0.1) is 23.7 Å². The van der Waals surface area contributed by atoms with E-state index in [1.807, 2.05) is 12.1 Å². The summed E-state index contributed by atoms with van der Waals surface area (Å²) >= 11 is 20.3. The zero-order valence-electron chi connectivity index (χ0n) is 31.1. The van der Waals surface area contributed by atoms with Crippen molar-refractivity contribution in [1.29, 1.82) is 0 Å². The van der Waals surface area contributed by atoms with Gasteiger partial charge in [0.15, 0.2) is 5.71 Å². The average Bonchev–Trinajstić information content (AvgIpc) is 3.48. The number of hydrogen-bond acceptors (Lipinski definition) is 2. The summed E-state index contributed by atoms with van der Waals surface area (Å²) in [6, 6.07) is 34.0. The van der Waals surface area contributed by atoms with Crippen LogP contribution in [0, 0.1) is 0 Å². The van der Waals surface area contributed by atoms with Crippen molar-refractivity contribution < 1.29 is 9.31 Å². The van der Waals surface area contributed by atoms with Crippen LogP contribution in [0.2, 0.25) is 10.0 Å². The van der Waals surface area contributed by atoms with Crippen LogP contribution in [0.5, 0.6) is 0 Å². The van der Waals surface area contributed by atoms with Crippen molar-refractivity contribution >= 4 is 51.9 Å². The minimum absolute atomic E-state index is 0.231. The molecule has 7 rings (SSSR count). The summed E-state index contributed by atoms with van der Waals surface area (Å²) in [6.07, 6.45) is 12.9. The number of halogens is 3. The van der Waals surface area contributed by atoms with Gasteiger partial charge < -0.3 is 9.64 Å². The molecule has 4 aromatic rings. The molecule has 0 saturated heterocycles. The Hall–Kier alpha value is -3.86. The molecular weight excluding hydrogens is 715 g/mol. The molecule has 0 unspecified atom stereocenters. The van der Waals surface area contributed by atoms with Crippen molar-refractivity contribution in [3.63, 3.8) is 0 Å². The Morgan fingerprint density at radius 1 is 0.698 bits per heavy atom. The van der Waals surface area contributed by atoms with E-state index < -0.39 is 0 Å². The van der Waals surface area contributed by atoms with Crippen LogP contribution in [-0.2, 0) is 28.4 Å². The smallest absolute Gasteiger partial charge is 0.209 e. The van der Waals surface area contributed by atoms with Gasteiger partial charge in [-0.05, 0) is 103 Å². The lowest BCUT2D eigenvalue weighted by Gasteiger charge is -2.27. The Bertz CT molecular complexity index is 2140. The van der Waals surface area contributed by atoms with Crippen LogP contribution >= 0.6 is 34.8 Å². The molecule has 0 amide bonds. The quantitative estimate of drug-likeness (QED) is 0.141. The maximum atomic E-state index is 7.24. The van der Waals surface area contributed by atoms with Crippen LogP contribution < -0.4 is 4.90 Å². The summed E-state index contributed by atoms with van der Waals surface area (Å²) < 4.78 is 8.63. The first-order valence-electron chi connectivity index (χ1n) is 18.7. The van der Waals surface area contributed by atoms with E-state index in [4.69, 9.17) is 39.5 Å². The van der Waals surface area contributed by atoms with E-state index in [1.54, 1.807) is 0 Å². The lowest BCUT2D eigenvalue weighted by atomic mass is 9.81. The third-order valence-corrected chi connectivity index (χ3v) is 12.0. The molecule has 3 nitrogen and oxygen atoms in total. The fourth-order valence-corrected chi connectivity index (χ4v) is 8.73. The fraction of sp³-hybridized carbons (Fsp3) is 0.298. The second-order valence-electron chi connectivity index (χ2n) is 15.3. The summed E-state index contributed by atoms with van der Waals surface area (Å²) in [5.41, 5.74) is 11.6. The fourth-order valence-electron chi connectivity index (χ4n) is 8.15. The Morgan fingerprint density at radius 3 is 2.04 bits per heavy atom. The molecule has 0 saturated carbocycles. The molecule has 0 aromatic heterocycles. The van der Waals surface area contributed by atoms with Crippen LogP contribution in [0.3, 0.4) is 0 Å². The number of fused-ring (bicyclic) bond motifs is 2. The number of benzene rings is 4. The van der Waals surface area contributed by atoms with Crippen LogP contribution in [0.1, 0.15) is 62.8 Å². The zero-order chi connectivity index (χ0) is 37.2. The number of nitrogens with zero attached hydrogens (tertiary/aromatic N) is 2. The molecule has 0 atom stereocenters. The molecule has 0 bridgehead atoms. The summed E-state index contributed by atoms with van der Waals surface area (Å²) in [5.74, 6) is 0. The summed E-state index contributed by atoms with van der Waals surface area (Å²) in [4.78, 5) is 2.46. The van der Waals surface area contributed by atoms with Crippen molar-refractivity contribution in [3.05, 3.63) is 176 Å². The van der Waals surface area contributed by atoms with E-state index in [1.165, 1.54) is 45.0 Å². The van der Waals surface area contributed by atoms with E-state index in [0.29, 0.717) is 13.2 Å². The standard InChI is InChI=1S/C47H48Cl3N2O/c1-46(2)39-29-37(48)21-23-41(39)51(27-11-17-33-13-7-5-8-14-33)43(46)25-19-35-31-53-32-36(45(35)50)20-26-44-47(3,4)40-30-38(49)22-24-42(40)52(44)28-12-18-34-15-9-6-10-16-34/h5-10,13-16,19-26,29-30H,11-12,17-18,27-28,31-32H2,1-4H3/q+1. The normalized spacial score (nSPS) is 19.2. The van der Waals surface area contributed by atoms with Gasteiger partial charge in [0, 0.05) is 57.5 Å². The first-order valence-corrected chi connectivity index (χ1v) is 19.8. The molecule has 4 aromatic carbocycles. The molecule has 6 heteroatoms. The van der Waals surface area contributed by atoms with Gasteiger partial charge in [0.1, 0.15) is 6.54 Å². The van der Waals surface area contributed by atoms with Gasteiger partial charge in [0.2, 0.25) is 5.69 Å². The van der Waals surface area contributed by atoms with Crippen LogP contribution in [0.25, 0.3) is 0 Å². The van der Waals surface area contributed by atoms with Crippen molar-refractivity contribution in [2.75, 3.05) is 31.2 Å². The molecule has 0 N–H and O–H groups in total. The summed E-state index contributed by atoms with van der Waals surface area (Å²) in [5, 5.41) is 2.27. The van der Waals surface area contributed by atoms with Gasteiger partial charge in [-0.15, -0.1) is 0 Å². The molecule has 0 fully saturated rings. The Labute approximate surface area is 330 Å². The van der Waals surface area contributed by atoms with Crippen molar-refractivity contribution in [1.82, 2.24) is 0 Å². The van der Waals surface area contributed by atoms with Gasteiger partial charge in [-0.3, -0.25) is 0 Å². The van der Waals surface area contributed by atoms with Crippen LogP contribution in [0.4, 0.5) is 11.4 Å². The predicted octanol–water partition coefficient (Wildman–Crippen LogP) is 12.3. The maximum absolute atomic E-state index is 7.24. The molecule has 3 aliphatic rings. The van der Waals surface area contributed by atoms with Crippen LogP contribution in [0.15, 0.2) is 143 Å². The minimum Gasteiger partial charge on any atom is -0.372 e. The van der Waals surface area contributed by atoms with Crippen molar-refractivity contribution in [2.24, 2.45) is 0 Å². The van der Waals surface area contributed by atoms with E-state index in [0.717, 1.165) is 65.0 Å². The van der Waals surface area contributed by atoms with Gasteiger partial charge in [-0.2, -0.15) is 4.58 Å². The highest BCUT2D eigenvalue weighted by Gasteiger charge is 2.44. The summed E-state index contributed by atoms with van der Waals surface area (Å²) in [7, 11) is 0. The van der Waals surface area contributed by atoms with Crippen molar-refractivity contribution in [3.8, 4) is 0 Å². The Kier molecular flexibility index (Phi) is 11.2. The van der Waals surface area contributed by atoms with Gasteiger partial charge in [-0.1, -0.05) is 115 Å².